The Morgan fingerprint density at radius 2 is 1.60 bits per heavy atom. The van der Waals surface area contributed by atoms with Crippen LogP contribution in [0.4, 0.5) is 0 Å². The number of likely N-dealkylation sites (tertiary alicyclic amines) is 1. The van der Waals surface area contributed by atoms with Gasteiger partial charge in [0.2, 0.25) is 11.8 Å². The van der Waals surface area contributed by atoms with Gasteiger partial charge in [-0.1, -0.05) is 12.1 Å². The fraction of sp³-hybridized carbons (Fsp3) is 0.625. The molecule has 1 heterocycles. The number of amides is 2. The van der Waals surface area contributed by atoms with Crippen molar-refractivity contribution in [3.05, 3.63) is 35.4 Å². The number of carbonyl (C=O) groups is 3. The molecule has 0 spiro atoms. The maximum Gasteiger partial charge on any atom is 0.329 e. The van der Waals surface area contributed by atoms with E-state index in [0.29, 0.717) is 36.3 Å². The Bertz CT molecular complexity index is 827. The van der Waals surface area contributed by atoms with Crippen LogP contribution in [0.3, 0.4) is 0 Å². The molecule has 1 aromatic carbocycles. The Labute approximate surface area is 177 Å². The van der Waals surface area contributed by atoms with Gasteiger partial charge in [-0.2, -0.15) is 0 Å². The highest BCUT2D eigenvalue weighted by Gasteiger charge is 2.56. The lowest BCUT2D eigenvalue weighted by atomic mass is 9.49. The van der Waals surface area contributed by atoms with Gasteiger partial charge in [0.1, 0.15) is 12.6 Å². The van der Waals surface area contributed by atoms with Gasteiger partial charge in [-0.25, -0.2) is 4.79 Å². The van der Waals surface area contributed by atoms with Crippen LogP contribution in [0.2, 0.25) is 0 Å². The number of benzene rings is 1. The molecule has 5 aliphatic rings. The third-order valence-electron chi connectivity index (χ3n) is 7.90. The third kappa shape index (κ3) is 3.40. The molecule has 4 bridgehead atoms. The maximum absolute atomic E-state index is 13.7. The first-order valence-electron chi connectivity index (χ1n) is 11.3. The minimum absolute atomic E-state index is 0.133. The van der Waals surface area contributed by atoms with Gasteiger partial charge in [0.25, 0.3) is 0 Å². The second-order valence-corrected chi connectivity index (χ2v) is 10.0. The lowest BCUT2D eigenvalue weighted by Gasteiger charge is -2.56. The van der Waals surface area contributed by atoms with Gasteiger partial charge < -0.3 is 15.4 Å². The van der Waals surface area contributed by atoms with Crippen molar-refractivity contribution in [3.8, 4) is 0 Å². The Hall–Kier alpha value is -2.37. The molecular formula is C24H30N2O4. The highest BCUT2D eigenvalue weighted by molar-refractivity contribution is 5.92. The summed E-state index contributed by atoms with van der Waals surface area (Å²) in [6.07, 6.45) is 8.47. The number of hydrogen-bond acceptors (Lipinski definition) is 4. The number of nitrogens with two attached hydrogens (primary N) is 1. The van der Waals surface area contributed by atoms with E-state index < -0.39 is 11.9 Å². The van der Waals surface area contributed by atoms with Crippen LogP contribution in [-0.2, 0) is 20.9 Å². The van der Waals surface area contributed by atoms with Crippen molar-refractivity contribution in [1.29, 1.82) is 0 Å². The lowest BCUT2D eigenvalue weighted by Crippen LogP contribution is -2.56. The van der Waals surface area contributed by atoms with Crippen LogP contribution in [0.25, 0.3) is 0 Å². The van der Waals surface area contributed by atoms with Crippen LogP contribution in [0.15, 0.2) is 24.3 Å². The van der Waals surface area contributed by atoms with Gasteiger partial charge in [0.05, 0.1) is 5.41 Å². The fourth-order valence-corrected chi connectivity index (χ4v) is 6.95. The largest absolute Gasteiger partial charge is 0.459 e. The van der Waals surface area contributed by atoms with Gasteiger partial charge in [-0.05, 0) is 86.8 Å². The summed E-state index contributed by atoms with van der Waals surface area (Å²) in [5.74, 6) is 1.53. The predicted molar refractivity (Wildman–Crippen MR) is 110 cm³/mol. The molecule has 4 saturated carbocycles. The zero-order chi connectivity index (χ0) is 20.9. The maximum atomic E-state index is 13.7. The first-order chi connectivity index (χ1) is 14.4. The molecule has 160 valence electrons. The number of esters is 1. The second-order valence-electron chi connectivity index (χ2n) is 10.0. The van der Waals surface area contributed by atoms with Crippen molar-refractivity contribution in [2.45, 2.75) is 64.0 Å². The summed E-state index contributed by atoms with van der Waals surface area (Å²) in [6.45, 7) is 0.793. The molecule has 1 atom stereocenters. The minimum Gasteiger partial charge on any atom is -0.459 e. The molecule has 1 aromatic rings. The first kappa shape index (κ1) is 19.6. The average Bonchev–Trinajstić information content (AvgIpc) is 3.20. The van der Waals surface area contributed by atoms with E-state index in [4.69, 9.17) is 10.5 Å². The summed E-state index contributed by atoms with van der Waals surface area (Å²) in [5.41, 5.74) is 6.26. The summed E-state index contributed by atoms with van der Waals surface area (Å²) in [7, 11) is 0. The van der Waals surface area contributed by atoms with Crippen LogP contribution in [0, 0.1) is 23.2 Å². The molecular weight excluding hydrogens is 380 g/mol. The smallest absolute Gasteiger partial charge is 0.329 e. The summed E-state index contributed by atoms with van der Waals surface area (Å²) in [4.78, 5) is 39.5. The number of ether oxygens (including phenoxy) is 1. The van der Waals surface area contributed by atoms with E-state index >= 15 is 0 Å². The normalized spacial score (nSPS) is 34.2. The van der Waals surface area contributed by atoms with Crippen LogP contribution < -0.4 is 5.73 Å². The Morgan fingerprint density at radius 1 is 1.00 bits per heavy atom. The molecule has 2 N–H and O–H groups in total. The molecule has 6 rings (SSSR count). The van der Waals surface area contributed by atoms with Gasteiger partial charge in [0.15, 0.2) is 0 Å². The lowest BCUT2D eigenvalue weighted by molar-refractivity contribution is -0.166. The van der Waals surface area contributed by atoms with E-state index in [9.17, 15) is 14.4 Å². The van der Waals surface area contributed by atoms with Crippen molar-refractivity contribution in [2.24, 2.45) is 28.9 Å². The molecule has 0 unspecified atom stereocenters. The first-order valence-corrected chi connectivity index (χ1v) is 11.3. The molecule has 30 heavy (non-hydrogen) atoms. The van der Waals surface area contributed by atoms with Gasteiger partial charge in [0, 0.05) is 12.1 Å². The van der Waals surface area contributed by atoms with Gasteiger partial charge in [-0.15, -0.1) is 0 Å². The van der Waals surface area contributed by atoms with E-state index in [-0.39, 0.29) is 23.9 Å². The van der Waals surface area contributed by atoms with Crippen LogP contribution >= 0.6 is 0 Å². The molecule has 6 nitrogen and oxygen atoms in total. The number of rotatable bonds is 5. The van der Waals surface area contributed by atoms with Gasteiger partial charge in [-0.3, -0.25) is 9.59 Å². The Balaban J connectivity index is 1.24. The van der Waals surface area contributed by atoms with E-state index in [1.165, 1.54) is 19.3 Å². The Morgan fingerprint density at radius 3 is 2.17 bits per heavy atom. The number of primary amides is 1. The summed E-state index contributed by atoms with van der Waals surface area (Å²) < 4.78 is 5.56. The van der Waals surface area contributed by atoms with E-state index in [0.717, 1.165) is 31.2 Å². The number of hydrogen-bond donors (Lipinski definition) is 1. The molecule has 1 saturated heterocycles. The van der Waals surface area contributed by atoms with E-state index in [1.807, 2.05) is 4.90 Å². The van der Waals surface area contributed by atoms with Crippen molar-refractivity contribution in [3.63, 3.8) is 0 Å². The molecule has 1 aliphatic heterocycles. The van der Waals surface area contributed by atoms with Crippen LogP contribution in [-0.4, -0.2) is 35.3 Å². The molecule has 0 radical (unpaired) electrons. The van der Waals surface area contributed by atoms with Crippen LogP contribution in [0.5, 0.6) is 0 Å². The fourth-order valence-electron chi connectivity index (χ4n) is 6.95. The quantitative estimate of drug-likeness (QED) is 0.756. The number of carbonyl (C=O) groups excluding carboxylic acids is 3. The molecule has 6 heteroatoms. The van der Waals surface area contributed by atoms with Gasteiger partial charge >= 0.3 is 5.97 Å². The SMILES string of the molecule is NC(=O)c1ccc(COC(=O)[C@@H]2CCCN2C(=O)C23CC4CC(CC(C4)C2)C3)cc1. The predicted octanol–water partition coefficient (Wildman–Crippen LogP) is 3.04. The summed E-state index contributed by atoms with van der Waals surface area (Å²) in [6, 6.07) is 6.27. The zero-order valence-corrected chi connectivity index (χ0v) is 17.3. The Kier molecular flexibility index (Phi) is 4.83. The standard InChI is InChI=1S/C24H30N2O4/c25-21(27)19-5-3-15(4-6-19)14-30-22(28)20-2-1-7-26(20)23(29)24-11-16-8-17(12-24)10-18(9-16)13-24/h3-6,16-18,20H,1-2,7-14H2,(H2,25,27)/t16?,17?,18?,20-,24?/m0/s1. The second kappa shape index (κ2) is 7.40. The molecule has 2 amide bonds. The van der Waals surface area contributed by atoms with E-state index in [1.54, 1.807) is 24.3 Å². The molecule has 0 aromatic heterocycles. The summed E-state index contributed by atoms with van der Waals surface area (Å²) in [5, 5.41) is 0. The van der Waals surface area contributed by atoms with Crippen molar-refractivity contribution >= 4 is 17.8 Å². The molecule has 4 aliphatic carbocycles. The monoisotopic (exact) mass is 410 g/mol. The minimum atomic E-state index is -0.483. The zero-order valence-electron chi connectivity index (χ0n) is 17.3. The van der Waals surface area contributed by atoms with Crippen LogP contribution in [0.1, 0.15) is 67.3 Å². The topological polar surface area (TPSA) is 89.7 Å². The highest BCUT2D eigenvalue weighted by Crippen LogP contribution is 2.60. The van der Waals surface area contributed by atoms with Crippen molar-refractivity contribution < 1.29 is 19.1 Å². The molecule has 5 fully saturated rings. The number of nitrogens with zero attached hydrogens (tertiary/aromatic N) is 1. The third-order valence-corrected chi connectivity index (χ3v) is 7.90. The van der Waals surface area contributed by atoms with E-state index in [2.05, 4.69) is 0 Å². The van der Waals surface area contributed by atoms with Crippen molar-refractivity contribution in [1.82, 2.24) is 4.90 Å². The van der Waals surface area contributed by atoms with Crippen molar-refractivity contribution in [2.75, 3.05) is 6.54 Å². The highest BCUT2D eigenvalue weighted by atomic mass is 16.5. The average molecular weight is 411 g/mol. The summed E-state index contributed by atoms with van der Waals surface area (Å²) >= 11 is 0.